The minimum Gasteiger partial charge on any atom is -0.352 e. The highest BCUT2D eigenvalue weighted by atomic mass is 35.5. The normalized spacial score (nSPS) is 25.4. The molecule has 0 aromatic heterocycles. The van der Waals surface area contributed by atoms with Crippen LogP contribution in [0, 0.1) is 0 Å². The Morgan fingerprint density at radius 1 is 1.00 bits per heavy atom. The topological polar surface area (TPSA) is 61.4 Å². The van der Waals surface area contributed by atoms with E-state index in [1.807, 2.05) is 17.0 Å². The van der Waals surface area contributed by atoms with Gasteiger partial charge >= 0.3 is 0 Å². The highest BCUT2D eigenvalue weighted by Gasteiger charge is 2.38. The molecule has 4 rings (SSSR count). The van der Waals surface area contributed by atoms with Crippen LogP contribution in [0.3, 0.4) is 0 Å². The van der Waals surface area contributed by atoms with E-state index < -0.39 is 0 Å². The second kappa shape index (κ2) is 9.07. The number of benzene rings is 1. The standard InChI is InChI=1S/C21H29N3O2.ClH/c25-20(23-17-9-2-1-3-10-17)19-11-6-12-24(19)21(26)18-13-15-7-4-5-8-16(15)14-22-18;/h4-5,7-8,17-19,22H,1-3,6,9-14H2,(H,23,25);1H. The molecule has 1 saturated heterocycles. The number of amides is 2. The van der Waals surface area contributed by atoms with Crippen molar-refractivity contribution in [2.24, 2.45) is 0 Å². The lowest BCUT2D eigenvalue weighted by Gasteiger charge is -2.32. The molecule has 2 atom stereocenters. The third-order valence-electron chi connectivity index (χ3n) is 6.17. The molecule has 0 radical (unpaired) electrons. The third kappa shape index (κ3) is 4.46. The van der Waals surface area contributed by atoms with Gasteiger partial charge in [-0.3, -0.25) is 9.59 Å². The first-order valence-electron chi connectivity index (χ1n) is 10.1. The maximum absolute atomic E-state index is 13.1. The van der Waals surface area contributed by atoms with Crippen molar-refractivity contribution in [3.8, 4) is 0 Å². The van der Waals surface area contributed by atoms with E-state index in [1.165, 1.54) is 30.4 Å². The fourth-order valence-electron chi connectivity index (χ4n) is 4.68. The summed E-state index contributed by atoms with van der Waals surface area (Å²) >= 11 is 0. The zero-order valence-electron chi connectivity index (χ0n) is 15.8. The lowest BCUT2D eigenvalue weighted by molar-refractivity contribution is -0.140. The molecule has 0 bridgehead atoms. The average Bonchev–Trinajstić information content (AvgIpc) is 3.18. The summed E-state index contributed by atoms with van der Waals surface area (Å²) in [5, 5.41) is 6.58. The molecule has 2 heterocycles. The molecule has 2 N–H and O–H groups in total. The smallest absolute Gasteiger partial charge is 0.243 e. The molecule has 5 nitrogen and oxygen atoms in total. The molecule has 2 aliphatic heterocycles. The minimum absolute atomic E-state index is 0. The number of halogens is 1. The summed E-state index contributed by atoms with van der Waals surface area (Å²) in [4.78, 5) is 27.7. The van der Waals surface area contributed by atoms with Gasteiger partial charge in [0.2, 0.25) is 11.8 Å². The summed E-state index contributed by atoms with van der Waals surface area (Å²) in [5.74, 6) is 0.139. The molecule has 1 saturated carbocycles. The molecule has 6 heteroatoms. The van der Waals surface area contributed by atoms with Crippen molar-refractivity contribution in [1.82, 2.24) is 15.5 Å². The molecular formula is C21H30ClN3O2. The summed E-state index contributed by atoms with van der Waals surface area (Å²) in [6.45, 7) is 1.42. The van der Waals surface area contributed by atoms with Crippen LogP contribution in [0.25, 0.3) is 0 Å². The molecule has 1 aromatic carbocycles. The molecule has 3 aliphatic rings. The van der Waals surface area contributed by atoms with Crippen molar-refractivity contribution in [2.45, 2.75) is 76.0 Å². The number of nitrogens with zero attached hydrogens (tertiary/aromatic N) is 1. The van der Waals surface area contributed by atoms with Crippen LogP contribution in [-0.2, 0) is 22.6 Å². The molecule has 2 amide bonds. The number of nitrogens with one attached hydrogen (secondary N) is 2. The minimum atomic E-state index is -0.289. The van der Waals surface area contributed by atoms with Gasteiger partial charge in [0, 0.05) is 19.1 Å². The SMILES string of the molecule is Cl.O=C(NC1CCCCC1)C1CCCN1C(=O)C1Cc2ccccc2CN1. The molecule has 1 aliphatic carbocycles. The predicted molar refractivity (Wildman–Crippen MR) is 108 cm³/mol. The first-order chi connectivity index (χ1) is 12.7. The van der Waals surface area contributed by atoms with Gasteiger partial charge in [-0.05, 0) is 43.2 Å². The van der Waals surface area contributed by atoms with Crippen LogP contribution in [0.5, 0.6) is 0 Å². The van der Waals surface area contributed by atoms with E-state index in [0.29, 0.717) is 19.0 Å². The lowest BCUT2D eigenvalue weighted by atomic mass is 9.94. The molecule has 2 unspecified atom stereocenters. The van der Waals surface area contributed by atoms with Crippen LogP contribution in [0.4, 0.5) is 0 Å². The number of carbonyl (C=O) groups excluding carboxylic acids is 2. The van der Waals surface area contributed by atoms with Crippen LogP contribution in [0.1, 0.15) is 56.1 Å². The maximum Gasteiger partial charge on any atom is 0.243 e. The number of carbonyl (C=O) groups is 2. The van der Waals surface area contributed by atoms with Crippen molar-refractivity contribution >= 4 is 24.2 Å². The largest absolute Gasteiger partial charge is 0.352 e. The summed E-state index contributed by atoms with van der Waals surface area (Å²) in [7, 11) is 0. The number of fused-ring (bicyclic) bond motifs is 1. The lowest BCUT2D eigenvalue weighted by Crippen LogP contribution is -2.55. The molecule has 27 heavy (non-hydrogen) atoms. The van der Waals surface area contributed by atoms with E-state index in [-0.39, 0.29) is 36.3 Å². The summed E-state index contributed by atoms with van der Waals surface area (Å²) in [6, 6.07) is 8.08. The molecule has 0 spiro atoms. The van der Waals surface area contributed by atoms with E-state index >= 15 is 0 Å². The second-order valence-corrected chi connectivity index (χ2v) is 7.94. The van der Waals surface area contributed by atoms with Crippen LogP contribution in [-0.4, -0.2) is 41.4 Å². The van der Waals surface area contributed by atoms with Gasteiger partial charge in [-0.25, -0.2) is 0 Å². The Kier molecular flexibility index (Phi) is 6.77. The van der Waals surface area contributed by atoms with Gasteiger partial charge in [0.1, 0.15) is 6.04 Å². The Labute approximate surface area is 167 Å². The molecule has 2 fully saturated rings. The van der Waals surface area contributed by atoms with E-state index in [1.54, 1.807) is 0 Å². The first kappa shape index (κ1) is 20.2. The van der Waals surface area contributed by atoms with Crippen molar-refractivity contribution in [2.75, 3.05) is 6.54 Å². The number of likely N-dealkylation sites (tertiary alicyclic amines) is 1. The van der Waals surface area contributed by atoms with Gasteiger partial charge < -0.3 is 15.5 Å². The van der Waals surface area contributed by atoms with Crippen molar-refractivity contribution in [1.29, 1.82) is 0 Å². The predicted octanol–water partition coefficient (Wildman–Crippen LogP) is 2.56. The van der Waals surface area contributed by atoms with Gasteiger partial charge in [-0.1, -0.05) is 43.5 Å². The van der Waals surface area contributed by atoms with Gasteiger partial charge in [-0.15, -0.1) is 12.4 Å². The summed E-state index contributed by atoms with van der Waals surface area (Å²) < 4.78 is 0. The molecule has 148 valence electrons. The van der Waals surface area contributed by atoms with E-state index in [2.05, 4.69) is 22.8 Å². The fraction of sp³-hybridized carbons (Fsp3) is 0.619. The van der Waals surface area contributed by atoms with Gasteiger partial charge in [0.25, 0.3) is 0 Å². The number of hydrogen-bond donors (Lipinski definition) is 2. The molecular weight excluding hydrogens is 362 g/mol. The zero-order chi connectivity index (χ0) is 17.9. The quantitative estimate of drug-likeness (QED) is 0.832. The van der Waals surface area contributed by atoms with Crippen molar-refractivity contribution < 1.29 is 9.59 Å². The van der Waals surface area contributed by atoms with Crippen molar-refractivity contribution in [3.05, 3.63) is 35.4 Å². The number of hydrogen-bond acceptors (Lipinski definition) is 3. The van der Waals surface area contributed by atoms with E-state index in [0.717, 1.165) is 32.2 Å². The highest BCUT2D eigenvalue weighted by molar-refractivity contribution is 5.90. The summed E-state index contributed by atoms with van der Waals surface area (Å²) in [6.07, 6.45) is 8.23. The van der Waals surface area contributed by atoms with Gasteiger partial charge in [-0.2, -0.15) is 0 Å². The fourth-order valence-corrected chi connectivity index (χ4v) is 4.68. The average molecular weight is 392 g/mol. The Hall–Kier alpha value is -1.59. The molecule has 1 aromatic rings. The van der Waals surface area contributed by atoms with Gasteiger partial charge in [0.15, 0.2) is 0 Å². The van der Waals surface area contributed by atoms with E-state index in [4.69, 9.17) is 0 Å². The zero-order valence-corrected chi connectivity index (χ0v) is 16.6. The Bertz CT molecular complexity index is 675. The van der Waals surface area contributed by atoms with Crippen LogP contribution >= 0.6 is 12.4 Å². The Morgan fingerprint density at radius 3 is 2.52 bits per heavy atom. The third-order valence-corrected chi connectivity index (χ3v) is 6.17. The Balaban J connectivity index is 0.00000210. The van der Waals surface area contributed by atoms with Crippen LogP contribution in [0.2, 0.25) is 0 Å². The monoisotopic (exact) mass is 391 g/mol. The van der Waals surface area contributed by atoms with Crippen molar-refractivity contribution in [3.63, 3.8) is 0 Å². The summed E-state index contributed by atoms with van der Waals surface area (Å²) in [5.41, 5.74) is 2.51. The Morgan fingerprint density at radius 2 is 1.74 bits per heavy atom. The highest BCUT2D eigenvalue weighted by Crippen LogP contribution is 2.24. The van der Waals surface area contributed by atoms with Crippen LogP contribution < -0.4 is 10.6 Å². The number of rotatable bonds is 3. The van der Waals surface area contributed by atoms with Crippen LogP contribution in [0.15, 0.2) is 24.3 Å². The maximum atomic E-state index is 13.1. The van der Waals surface area contributed by atoms with E-state index in [9.17, 15) is 9.59 Å². The second-order valence-electron chi connectivity index (χ2n) is 7.94. The first-order valence-corrected chi connectivity index (χ1v) is 10.1. The van der Waals surface area contributed by atoms with Gasteiger partial charge in [0.05, 0.1) is 6.04 Å².